The van der Waals surface area contributed by atoms with E-state index < -0.39 is 9.84 Å². The smallest absolute Gasteiger partial charge is 0.234 e. The van der Waals surface area contributed by atoms with E-state index >= 15 is 0 Å². The first kappa shape index (κ1) is 18.8. The number of fused-ring (bicyclic) bond motifs is 1. The van der Waals surface area contributed by atoms with Gasteiger partial charge >= 0.3 is 0 Å². The van der Waals surface area contributed by atoms with Gasteiger partial charge in [0.25, 0.3) is 0 Å². The molecule has 1 fully saturated rings. The van der Waals surface area contributed by atoms with Crippen molar-refractivity contribution in [3.63, 3.8) is 0 Å². The van der Waals surface area contributed by atoms with E-state index in [0.29, 0.717) is 19.5 Å². The van der Waals surface area contributed by atoms with Gasteiger partial charge in [0.05, 0.1) is 23.7 Å². The second kappa shape index (κ2) is 7.32. The standard InChI is InChI=1S/C17H25N5O3S/c1-4-22(10-16(23)19-14-5-6-26(24,25)11-14)9-13-7-15-12(2)20-21(3)17(15)18-8-13/h7-8,14H,4-6,9-11H2,1-3H3,(H,19,23). The number of nitrogens with one attached hydrogen (secondary N) is 1. The van der Waals surface area contributed by atoms with Crippen LogP contribution in [0.1, 0.15) is 24.6 Å². The quantitative estimate of drug-likeness (QED) is 0.780. The van der Waals surface area contributed by atoms with Crippen molar-refractivity contribution in [1.29, 1.82) is 0 Å². The maximum Gasteiger partial charge on any atom is 0.234 e. The van der Waals surface area contributed by atoms with Crippen molar-refractivity contribution >= 4 is 26.8 Å². The van der Waals surface area contributed by atoms with Crippen molar-refractivity contribution < 1.29 is 13.2 Å². The molecule has 0 bridgehead atoms. The Morgan fingerprint density at radius 2 is 2.23 bits per heavy atom. The number of carbonyl (C=O) groups excluding carboxylic acids is 1. The number of rotatable bonds is 6. The fourth-order valence-corrected chi connectivity index (χ4v) is 5.03. The topological polar surface area (TPSA) is 97.2 Å². The molecule has 1 unspecified atom stereocenters. The zero-order valence-corrected chi connectivity index (χ0v) is 16.2. The van der Waals surface area contributed by atoms with E-state index in [4.69, 9.17) is 0 Å². The zero-order valence-electron chi connectivity index (χ0n) is 15.4. The van der Waals surface area contributed by atoms with Gasteiger partial charge in [-0.05, 0) is 31.5 Å². The number of sulfone groups is 1. The molecule has 0 saturated carbocycles. The molecule has 8 nitrogen and oxygen atoms in total. The Labute approximate surface area is 153 Å². The van der Waals surface area contributed by atoms with E-state index in [-0.39, 0.29) is 30.0 Å². The summed E-state index contributed by atoms with van der Waals surface area (Å²) in [7, 11) is -1.12. The predicted molar refractivity (Wildman–Crippen MR) is 99.4 cm³/mol. The number of hydrogen-bond acceptors (Lipinski definition) is 6. The first-order valence-electron chi connectivity index (χ1n) is 8.78. The van der Waals surface area contributed by atoms with Crippen LogP contribution in [0, 0.1) is 6.92 Å². The van der Waals surface area contributed by atoms with E-state index in [1.54, 1.807) is 4.68 Å². The Kier molecular flexibility index (Phi) is 5.29. The van der Waals surface area contributed by atoms with Gasteiger partial charge in [-0.2, -0.15) is 5.10 Å². The van der Waals surface area contributed by atoms with Crippen molar-refractivity contribution in [3.8, 4) is 0 Å². The number of hydrogen-bond donors (Lipinski definition) is 1. The largest absolute Gasteiger partial charge is 0.351 e. The van der Waals surface area contributed by atoms with Gasteiger partial charge in [-0.15, -0.1) is 0 Å². The number of aromatic nitrogens is 3. The Morgan fingerprint density at radius 3 is 2.88 bits per heavy atom. The molecule has 3 rings (SSSR count). The van der Waals surface area contributed by atoms with Crippen molar-refractivity contribution in [2.75, 3.05) is 24.6 Å². The Balaban J connectivity index is 1.62. The minimum atomic E-state index is -2.99. The number of pyridine rings is 1. The molecule has 9 heteroatoms. The van der Waals surface area contributed by atoms with E-state index in [2.05, 4.69) is 21.5 Å². The third kappa shape index (κ3) is 4.21. The minimum Gasteiger partial charge on any atom is -0.351 e. The molecule has 3 heterocycles. The van der Waals surface area contributed by atoms with Crippen LogP contribution in [0.3, 0.4) is 0 Å². The molecule has 2 aromatic heterocycles. The van der Waals surface area contributed by atoms with Gasteiger partial charge in [0.15, 0.2) is 15.5 Å². The fraction of sp³-hybridized carbons (Fsp3) is 0.588. The second-order valence-electron chi connectivity index (χ2n) is 6.89. The van der Waals surface area contributed by atoms with E-state index in [0.717, 1.165) is 22.3 Å². The highest BCUT2D eigenvalue weighted by atomic mass is 32.2. The van der Waals surface area contributed by atoms with Gasteiger partial charge in [-0.1, -0.05) is 6.92 Å². The molecule has 0 radical (unpaired) electrons. The molecule has 0 aliphatic carbocycles. The first-order valence-corrected chi connectivity index (χ1v) is 10.6. The molecule has 1 aliphatic rings. The molecule has 1 amide bonds. The summed E-state index contributed by atoms with van der Waals surface area (Å²) in [5.74, 6) is 0.0673. The number of likely N-dealkylation sites (N-methyl/N-ethyl adjacent to an activating group) is 1. The van der Waals surface area contributed by atoms with E-state index in [1.165, 1.54) is 0 Å². The van der Waals surface area contributed by atoms with Gasteiger partial charge in [-0.25, -0.2) is 13.4 Å². The van der Waals surface area contributed by atoms with Crippen molar-refractivity contribution in [1.82, 2.24) is 25.0 Å². The van der Waals surface area contributed by atoms with E-state index in [9.17, 15) is 13.2 Å². The maximum atomic E-state index is 12.3. The van der Waals surface area contributed by atoms with Crippen LogP contribution < -0.4 is 5.32 Å². The predicted octanol–water partition coefficient (Wildman–Crippen LogP) is 0.402. The lowest BCUT2D eigenvalue weighted by Crippen LogP contribution is -2.42. The van der Waals surface area contributed by atoms with Crippen LogP contribution in [0.2, 0.25) is 0 Å². The third-order valence-corrected chi connectivity index (χ3v) is 6.51. The molecule has 0 spiro atoms. The molecule has 1 saturated heterocycles. The van der Waals surface area contributed by atoms with Crippen molar-refractivity contribution in [2.45, 2.75) is 32.9 Å². The van der Waals surface area contributed by atoms with Gasteiger partial charge < -0.3 is 5.32 Å². The van der Waals surface area contributed by atoms with Crippen LogP contribution in [0.5, 0.6) is 0 Å². The molecule has 0 aromatic carbocycles. The van der Waals surface area contributed by atoms with Crippen LogP contribution in [-0.2, 0) is 28.2 Å². The molecule has 26 heavy (non-hydrogen) atoms. The highest BCUT2D eigenvalue weighted by Gasteiger charge is 2.29. The lowest BCUT2D eigenvalue weighted by Gasteiger charge is -2.21. The van der Waals surface area contributed by atoms with Crippen LogP contribution >= 0.6 is 0 Å². The monoisotopic (exact) mass is 379 g/mol. The summed E-state index contributed by atoms with van der Waals surface area (Å²) in [6.07, 6.45) is 2.31. The summed E-state index contributed by atoms with van der Waals surface area (Å²) in [5, 5.41) is 8.23. The molecule has 2 aromatic rings. The number of carbonyl (C=O) groups is 1. The SMILES string of the molecule is CCN(CC(=O)NC1CCS(=O)(=O)C1)Cc1cnc2c(c1)c(C)nn2C. The Morgan fingerprint density at radius 1 is 1.46 bits per heavy atom. The average Bonchev–Trinajstić information content (AvgIpc) is 3.05. The van der Waals surface area contributed by atoms with Crippen LogP contribution in [0.25, 0.3) is 11.0 Å². The number of amides is 1. The molecular weight excluding hydrogens is 354 g/mol. The summed E-state index contributed by atoms with van der Waals surface area (Å²) < 4.78 is 24.8. The molecular formula is C17H25N5O3S. The summed E-state index contributed by atoms with van der Waals surface area (Å²) in [6.45, 7) is 5.49. The fourth-order valence-electron chi connectivity index (χ4n) is 3.36. The summed E-state index contributed by atoms with van der Waals surface area (Å²) in [5.41, 5.74) is 2.79. The van der Waals surface area contributed by atoms with Crippen molar-refractivity contribution in [3.05, 3.63) is 23.5 Å². The van der Waals surface area contributed by atoms with Crippen molar-refractivity contribution in [2.24, 2.45) is 7.05 Å². The maximum absolute atomic E-state index is 12.3. The lowest BCUT2D eigenvalue weighted by molar-refractivity contribution is -0.122. The highest BCUT2D eigenvalue weighted by molar-refractivity contribution is 7.91. The summed E-state index contributed by atoms with van der Waals surface area (Å²) >= 11 is 0. The molecule has 142 valence electrons. The molecule has 1 atom stereocenters. The van der Waals surface area contributed by atoms with Crippen LogP contribution in [0.15, 0.2) is 12.3 Å². The molecule has 1 N–H and O–H groups in total. The zero-order chi connectivity index (χ0) is 18.9. The second-order valence-corrected chi connectivity index (χ2v) is 9.12. The van der Waals surface area contributed by atoms with Gasteiger partial charge in [-0.3, -0.25) is 14.4 Å². The van der Waals surface area contributed by atoms with Crippen LogP contribution in [0.4, 0.5) is 0 Å². The van der Waals surface area contributed by atoms with E-state index in [1.807, 2.05) is 32.0 Å². The minimum absolute atomic E-state index is 0.0474. The van der Waals surface area contributed by atoms with Crippen LogP contribution in [-0.4, -0.2) is 64.6 Å². The number of aryl methyl sites for hydroxylation is 2. The third-order valence-electron chi connectivity index (χ3n) is 4.74. The summed E-state index contributed by atoms with van der Waals surface area (Å²) in [4.78, 5) is 18.7. The number of nitrogens with zero attached hydrogens (tertiary/aromatic N) is 4. The lowest BCUT2D eigenvalue weighted by atomic mass is 10.2. The first-order chi connectivity index (χ1) is 12.3. The Bertz CT molecular complexity index is 922. The average molecular weight is 379 g/mol. The van der Waals surface area contributed by atoms with Gasteiger partial charge in [0.2, 0.25) is 5.91 Å². The highest BCUT2D eigenvalue weighted by Crippen LogP contribution is 2.17. The Hall–Kier alpha value is -2.00. The normalized spacial score (nSPS) is 19.3. The summed E-state index contributed by atoms with van der Waals surface area (Å²) in [6, 6.07) is 1.80. The molecule has 1 aliphatic heterocycles. The van der Waals surface area contributed by atoms with Gasteiger partial charge in [0.1, 0.15) is 0 Å². The van der Waals surface area contributed by atoms with Gasteiger partial charge in [0, 0.05) is 31.2 Å².